The number of ether oxygens (including phenoxy) is 1. The van der Waals surface area contributed by atoms with Crippen molar-refractivity contribution in [2.24, 2.45) is 11.1 Å². The summed E-state index contributed by atoms with van der Waals surface area (Å²) in [6.45, 7) is 8.02. The summed E-state index contributed by atoms with van der Waals surface area (Å²) in [5, 5.41) is 8.63. The van der Waals surface area contributed by atoms with E-state index in [0.29, 0.717) is 6.42 Å². The van der Waals surface area contributed by atoms with Crippen LogP contribution < -0.4 is 5.73 Å². The Morgan fingerprint density at radius 3 is 2.62 bits per heavy atom. The van der Waals surface area contributed by atoms with Crippen LogP contribution in [0.2, 0.25) is 0 Å². The molecule has 0 spiro atoms. The number of aryl methyl sites for hydroxylation is 1. The number of ketones is 1. The maximum absolute atomic E-state index is 12.7. The molecular formula is C20H27NO5. The van der Waals surface area contributed by atoms with E-state index in [0.717, 1.165) is 34.2 Å². The molecule has 0 heterocycles. The van der Waals surface area contributed by atoms with E-state index in [1.807, 2.05) is 27.7 Å². The van der Waals surface area contributed by atoms with Gasteiger partial charge in [0, 0.05) is 23.8 Å². The van der Waals surface area contributed by atoms with Gasteiger partial charge in [0.2, 0.25) is 0 Å². The van der Waals surface area contributed by atoms with Gasteiger partial charge in [0.05, 0.1) is 6.61 Å². The van der Waals surface area contributed by atoms with E-state index in [9.17, 15) is 14.4 Å². The van der Waals surface area contributed by atoms with Crippen LogP contribution >= 0.6 is 0 Å². The zero-order valence-corrected chi connectivity index (χ0v) is 15.8. The predicted molar refractivity (Wildman–Crippen MR) is 97.2 cm³/mol. The van der Waals surface area contributed by atoms with E-state index in [4.69, 9.17) is 15.6 Å². The number of benzene rings is 1. The van der Waals surface area contributed by atoms with Crippen molar-refractivity contribution in [1.29, 1.82) is 0 Å². The third-order valence-corrected chi connectivity index (χ3v) is 5.06. The van der Waals surface area contributed by atoms with Gasteiger partial charge >= 0.3 is 11.9 Å². The Labute approximate surface area is 153 Å². The number of rotatable bonds is 7. The maximum atomic E-state index is 12.7. The molecule has 2 rings (SSSR count). The molecule has 3 N–H and O–H groups in total. The van der Waals surface area contributed by atoms with Gasteiger partial charge in [-0.1, -0.05) is 19.9 Å². The first-order chi connectivity index (χ1) is 12.0. The van der Waals surface area contributed by atoms with E-state index >= 15 is 0 Å². The summed E-state index contributed by atoms with van der Waals surface area (Å²) < 4.78 is 5.20. The maximum Gasteiger partial charge on any atom is 0.322 e. The van der Waals surface area contributed by atoms with Crippen LogP contribution in [-0.2, 0) is 27.2 Å². The van der Waals surface area contributed by atoms with Crippen LogP contribution in [0, 0.1) is 19.3 Å². The summed E-state index contributed by atoms with van der Waals surface area (Å²) in [5.41, 5.74) is 10.2. The number of Topliss-reactive ketones (excluding diaryl/α,β-unsaturated/α-hetero) is 1. The second kappa shape index (κ2) is 7.58. The highest BCUT2D eigenvalue weighted by Gasteiger charge is 2.39. The Morgan fingerprint density at radius 1 is 1.35 bits per heavy atom. The van der Waals surface area contributed by atoms with Gasteiger partial charge in [-0.2, -0.15) is 0 Å². The Morgan fingerprint density at radius 2 is 2.00 bits per heavy atom. The van der Waals surface area contributed by atoms with Gasteiger partial charge < -0.3 is 15.6 Å². The standard InChI is InChI=1S/C20H27NO5/c1-11-9-13-10-20(3,4)18(24)17(13)12(2)14(11)7-8-26-19(25)15(21)5-6-16(22)23/h9,15H,5-8,10,21H2,1-4H3,(H,22,23). The molecule has 0 fully saturated rings. The van der Waals surface area contributed by atoms with Crippen LogP contribution in [0.15, 0.2) is 6.07 Å². The van der Waals surface area contributed by atoms with Crippen molar-refractivity contribution in [1.82, 2.24) is 0 Å². The number of carboxylic acid groups (broad SMARTS) is 1. The molecule has 0 aliphatic heterocycles. The Bertz CT molecular complexity index is 751. The smallest absolute Gasteiger partial charge is 0.322 e. The zero-order chi connectivity index (χ0) is 19.6. The van der Waals surface area contributed by atoms with Crippen LogP contribution in [0.5, 0.6) is 0 Å². The predicted octanol–water partition coefficient (Wildman–Crippen LogP) is 2.35. The number of carbonyl (C=O) groups excluding carboxylic acids is 2. The SMILES string of the molecule is Cc1cc2c(c(C)c1CCOC(=O)C(N)CCC(=O)O)C(=O)C(C)(C)C2. The lowest BCUT2D eigenvalue weighted by atomic mass is 9.88. The normalized spacial score (nSPS) is 16.3. The first kappa shape index (κ1) is 20.1. The molecule has 0 saturated heterocycles. The summed E-state index contributed by atoms with van der Waals surface area (Å²) in [5.74, 6) is -1.43. The average Bonchev–Trinajstić information content (AvgIpc) is 2.76. The van der Waals surface area contributed by atoms with Crippen molar-refractivity contribution in [3.8, 4) is 0 Å². The van der Waals surface area contributed by atoms with Crippen molar-refractivity contribution >= 4 is 17.7 Å². The first-order valence-corrected chi connectivity index (χ1v) is 8.85. The second-order valence-electron chi connectivity index (χ2n) is 7.68. The van der Waals surface area contributed by atoms with Crippen LogP contribution in [0.1, 0.15) is 59.3 Å². The van der Waals surface area contributed by atoms with E-state index < -0.39 is 18.0 Å². The summed E-state index contributed by atoms with van der Waals surface area (Å²) in [7, 11) is 0. The third kappa shape index (κ3) is 4.12. The fourth-order valence-corrected chi connectivity index (χ4v) is 3.60. The molecule has 6 nitrogen and oxygen atoms in total. The summed E-state index contributed by atoms with van der Waals surface area (Å²) in [6, 6.07) is 1.13. The molecule has 1 aromatic carbocycles. The lowest BCUT2D eigenvalue weighted by Gasteiger charge is -2.16. The number of fused-ring (bicyclic) bond motifs is 1. The number of hydrogen-bond acceptors (Lipinski definition) is 5. The molecule has 26 heavy (non-hydrogen) atoms. The lowest BCUT2D eigenvalue weighted by molar-refractivity contribution is -0.145. The number of carboxylic acids is 1. The molecule has 142 valence electrons. The highest BCUT2D eigenvalue weighted by atomic mass is 16.5. The van der Waals surface area contributed by atoms with Gasteiger partial charge in [0.25, 0.3) is 0 Å². The van der Waals surface area contributed by atoms with Crippen molar-refractivity contribution < 1.29 is 24.2 Å². The Balaban J connectivity index is 2.03. The van der Waals surface area contributed by atoms with E-state index in [1.165, 1.54) is 0 Å². The van der Waals surface area contributed by atoms with Crippen molar-refractivity contribution in [3.05, 3.63) is 33.9 Å². The molecule has 1 unspecified atom stereocenters. The first-order valence-electron chi connectivity index (χ1n) is 8.85. The van der Waals surface area contributed by atoms with Gasteiger partial charge in [-0.3, -0.25) is 14.4 Å². The van der Waals surface area contributed by atoms with Crippen LogP contribution in [0.3, 0.4) is 0 Å². The van der Waals surface area contributed by atoms with Crippen molar-refractivity contribution in [2.75, 3.05) is 6.61 Å². The largest absolute Gasteiger partial charge is 0.481 e. The molecule has 1 aromatic rings. The lowest BCUT2D eigenvalue weighted by Crippen LogP contribution is -2.33. The van der Waals surface area contributed by atoms with Crippen molar-refractivity contribution in [2.45, 2.75) is 59.4 Å². The molecular weight excluding hydrogens is 334 g/mol. The minimum atomic E-state index is -0.995. The van der Waals surface area contributed by atoms with Gasteiger partial charge in [-0.25, -0.2) is 0 Å². The van der Waals surface area contributed by atoms with E-state index in [2.05, 4.69) is 6.07 Å². The second-order valence-corrected chi connectivity index (χ2v) is 7.68. The molecule has 1 aliphatic carbocycles. The average molecular weight is 361 g/mol. The summed E-state index contributed by atoms with van der Waals surface area (Å²) in [4.78, 5) is 35.0. The number of carbonyl (C=O) groups is 3. The highest BCUT2D eigenvalue weighted by molar-refractivity contribution is 6.06. The Kier molecular flexibility index (Phi) is 5.86. The molecule has 0 radical (unpaired) electrons. The number of hydrogen-bond donors (Lipinski definition) is 2. The van der Waals surface area contributed by atoms with E-state index in [1.54, 1.807) is 0 Å². The molecule has 0 bridgehead atoms. The van der Waals surface area contributed by atoms with Crippen LogP contribution in [0.4, 0.5) is 0 Å². The molecule has 1 aliphatic rings. The van der Waals surface area contributed by atoms with Gasteiger partial charge in [-0.05, 0) is 48.9 Å². The topological polar surface area (TPSA) is 107 Å². The van der Waals surface area contributed by atoms with E-state index in [-0.39, 0.29) is 30.6 Å². The van der Waals surface area contributed by atoms with Crippen molar-refractivity contribution in [3.63, 3.8) is 0 Å². The summed E-state index contributed by atoms with van der Waals surface area (Å²) in [6.07, 6.45) is 1.12. The molecule has 6 heteroatoms. The number of esters is 1. The minimum Gasteiger partial charge on any atom is -0.481 e. The molecule has 1 atom stereocenters. The van der Waals surface area contributed by atoms with Crippen LogP contribution in [0.25, 0.3) is 0 Å². The van der Waals surface area contributed by atoms with Crippen LogP contribution in [-0.4, -0.2) is 35.5 Å². The summed E-state index contributed by atoms with van der Waals surface area (Å²) >= 11 is 0. The monoisotopic (exact) mass is 361 g/mol. The van der Waals surface area contributed by atoms with Gasteiger partial charge in [0.15, 0.2) is 5.78 Å². The van der Waals surface area contributed by atoms with Gasteiger partial charge in [-0.15, -0.1) is 0 Å². The fourth-order valence-electron chi connectivity index (χ4n) is 3.60. The molecule has 0 saturated carbocycles. The molecule has 0 aromatic heterocycles. The highest BCUT2D eigenvalue weighted by Crippen LogP contribution is 2.39. The quantitative estimate of drug-likeness (QED) is 0.722. The van der Waals surface area contributed by atoms with Gasteiger partial charge in [0.1, 0.15) is 6.04 Å². The number of nitrogens with two attached hydrogens (primary N) is 1. The Hall–Kier alpha value is -2.21. The third-order valence-electron chi connectivity index (χ3n) is 5.06. The molecule has 0 amide bonds. The fraction of sp³-hybridized carbons (Fsp3) is 0.550. The number of aliphatic carboxylic acids is 1. The minimum absolute atomic E-state index is 0.0502. The zero-order valence-electron chi connectivity index (χ0n) is 15.8.